The Labute approximate surface area is 169 Å². The fraction of sp³-hybridized carbons (Fsp3) is 0.333. The van der Waals surface area contributed by atoms with E-state index in [1.165, 1.54) is 7.11 Å². The lowest BCUT2D eigenvalue weighted by atomic mass is 10.1. The first-order chi connectivity index (χ1) is 13.4. The van der Waals surface area contributed by atoms with Crippen molar-refractivity contribution in [3.63, 3.8) is 0 Å². The fourth-order valence-corrected chi connectivity index (χ4v) is 3.39. The van der Waals surface area contributed by atoms with E-state index >= 15 is 0 Å². The molecule has 148 valence electrons. The number of para-hydroxylation sites is 2. The van der Waals surface area contributed by atoms with E-state index in [0.29, 0.717) is 41.0 Å². The third-order valence-corrected chi connectivity index (χ3v) is 5.10. The van der Waals surface area contributed by atoms with Crippen LogP contribution < -0.4 is 19.7 Å². The van der Waals surface area contributed by atoms with Crippen molar-refractivity contribution in [1.29, 1.82) is 0 Å². The summed E-state index contributed by atoms with van der Waals surface area (Å²) in [4.78, 5) is 27.0. The highest BCUT2D eigenvalue weighted by atomic mass is 35.5. The van der Waals surface area contributed by atoms with Gasteiger partial charge >= 0.3 is 0 Å². The minimum Gasteiger partial charge on any atom is -0.495 e. The van der Waals surface area contributed by atoms with Gasteiger partial charge in [-0.25, -0.2) is 0 Å². The number of benzene rings is 2. The minimum atomic E-state index is -0.470. The van der Waals surface area contributed by atoms with Crippen LogP contribution in [-0.4, -0.2) is 32.1 Å². The molecule has 3 rings (SSSR count). The molecule has 0 spiro atoms. The van der Waals surface area contributed by atoms with Crippen LogP contribution in [0.5, 0.6) is 11.5 Å². The molecule has 2 aromatic rings. The van der Waals surface area contributed by atoms with E-state index in [9.17, 15) is 9.59 Å². The normalized spacial score (nSPS) is 16.2. The highest BCUT2D eigenvalue weighted by Gasteiger charge is 2.36. The summed E-state index contributed by atoms with van der Waals surface area (Å²) >= 11 is 6.12. The Bertz CT molecular complexity index is 900. The molecule has 2 aromatic carbocycles. The van der Waals surface area contributed by atoms with E-state index < -0.39 is 5.92 Å². The van der Waals surface area contributed by atoms with Crippen molar-refractivity contribution in [2.24, 2.45) is 5.92 Å². The van der Waals surface area contributed by atoms with Crippen molar-refractivity contribution in [2.45, 2.75) is 20.3 Å². The Balaban J connectivity index is 1.77. The van der Waals surface area contributed by atoms with Crippen LogP contribution in [0.1, 0.15) is 18.9 Å². The van der Waals surface area contributed by atoms with Gasteiger partial charge in [-0.15, -0.1) is 0 Å². The average molecular weight is 403 g/mol. The summed E-state index contributed by atoms with van der Waals surface area (Å²) in [7, 11) is 1.52. The molecule has 1 atom stereocenters. The van der Waals surface area contributed by atoms with E-state index in [1.807, 2.05) is 38.1 Å². The molecule has 1 unspecified atom stereocenters. The molecule has 1 N–H and O–H groups in total. The Kier molecular flexibility index (Phi) is 6.09. The van der Waals surface area contributed by atoms with Crippen LogP contribution in [-0.2, 0) is 9.59 Å². The third kappa shape index (κ3) is 4.07. The zero-order valence-electron chi connectivity index (χ0n) is 16.1. The van der Waals surface area contributed by atoms with Gasteiger partial charge in [-0.2, -0.15) is 0 Å². The smallest absolute Gasteiger partial charge is 0.229 e. The number of hydrogen-bond donors (Lipinski definition) is 1. The van der Waals surface area contributed by atoms with Gasteiger partial charge < -0.3 is 19.7 Å². The standard InChI is InChI=1S/C21H23ClN2O4/c1-4-28-18-8-6-5-7-17(18)24-12-14(10-20(24)25)21(26)23-16-9-13(2)15(22)11-19(16)27-3/h5-9,11,14H,4,10,12H2,1-3H3,(H,23,26). The molecule has 1 fully saturated rings. The molecule has 0 aromatic heterocycles. The van der Waals surface area contributed by atoms with Gasteiger partial charge in [-0.3, -0.25) is 9.59 Å². The van der Waals surface area contributed by atoms with E-state index in [4.69, 9.17) is 21.1 Å². The van der Waals surface area contributed by atoms with Gasteiger partial charge in [0, 0.05) is 24.1 Å². The van der Waals surface area contributed by atoms with Crippen LogP contribution in [0.4, 0.5) is 11.4 Å². The largest absolute Gasteiger partial charge is 0.495 e. The zero-order chi connectivity index (χ0) is 20.3. The van der Waals surface area contributed by atoms with Crippen LogP contribution in [0.15, 0.2) is 36.4 Å². The lowest BCUT2D eigenvalue weighted by molar-refractivity contribution is -0.122. The van der Waals surface area contributed by atoms with Crippen LogP contribution >= 0.6 is 11.6 Å². The molecule has 0 radical (unpaired) electrons. The van der Waals surface area contributed by atoms with Crippen molar-refractivity contribution in [3.05, 3.63) is 47.0 Å². The van der Waals surface area contributed by atoms with Crippen LogP contribution in [0.2, 0.25) is 5.02 Å². The summed E-state index contributed by atoms with van der Waals surface area (Å²) in [6.45, 7) is 4.53. The minimum absolute atomic E-state index is 0.105. The number of amides is 2. The summed E-state index contributed by atoms with van der Waals surface area (Å²) in [6, 6.07) is 10.8. The van der Waals surface area contributed by atoms with E-state index in [-0.39, 0.29) is 18.2 Å². The Morgan fingerprint density at radius 1 is 1.29 bits per heavy atom. The molecule has 7 heteroatoms. The second kappa shape index (κ2) is 8.52. The summed E-state index contributed by atoms with van der Waals surface area (Å²) in [5.41, 5.74) is 2.05. The maximum Gasteiger partial charge on any atom is 0.229 e. The third-order valence-electron chi connectivity index (χ3n) is 4.69. The molecule has 0 saturated carbocycles. The number of nitrogens with one attached hydrogen (secondary N) is 1. The van der Waals surface area contributed by atoms with Gasteiger partial charge in [-0.1, -0.05) is 23.7 Å². The first kappa shape index (κ1) is 20.0. The first-order valence-corrected chi connectivity index (χ1v) is 9.49. The number of anilines is 2. The molecular weight excluding hydrogens is 380 g/mol. The van der Waals surface area contributed by atoms with E-state index in [2.05, 4.69) is 5.32 Å². The molecule has 0 aliphatic carbocycles. The van der Waals surface area contributed by atoms with Gasteiger partial charge in [0.05, 0.1) is 31.0 Å². The number of rotatable bonds is 6. The molecule has 1 heterocycles. The molecule has 1 saturated heterocycles. The number of ether oxygens (including phenoxy) is 2. The van der Waals surface area contributed by atoms with Crippen LogP contribution in [0.3, 0.4) is 0 Å². The van der Waals surface area contributed by atoms with Gasteiger partial charge in [0.1, 0.15) is 11.5 Å². The zero-order valence-corrected chi connectivity index (χ0v) is 16.9. The fourth-order valence-electron chi connectivity index (χ4n) is 3.24. The Hall–Kier alpha value is -2.73. The maximum absolute atomic E-state index is 12.8. The molecular formula is C21H23ClN2O4. The van der Waals surface area contributed by atoms with Crippen LogP contribution in [0, 0.1) is 12.8 Å². The van der Waals surface area contributed by atoms with Crippen molar-refractivity contribution >= 4 is 34.8 Å². The number of hydrogen-bond acceptors (Lipinski definition) is 4. The highest BCUT2D eigenvalue weighted by Crippen LogP contribution is 2.35. The second-order valence-corrected chi connectivity index (χ2v) is 7.00. The predicted octanol–water partition coefficient (Wildman–Crippen LogP) is 4.05. The number of halogens is 1. The lowest BCUT2D eigenvalue weighted by Crippen LogP contribution is -2.28. The molecule has 1 aliphatic heterocycles. The van der Waals surface area contributed by atoms with Crippen molar-refractivity contribution < 1.29 is 19.1 Å². The van der Waals surface area contributed by atoms with Gasteiger partial charge in [0.25, 0.3) is 0 Å². The monoisotopic (exact) mass is 402 g/mol. The summed E-state index contributed by atoms with van der Waals surface area (Å²) in [6.07, 6.45) is 0.140. The highest BCUT2D eigenvalue weighted by molar-refractivity contribution is 6.31. The predicted molar refractivity (Wildman–Crippen MR) is 109 cm³/mol. The Morgan fingerprint density at radius 3 is 2.75 bits per heavy atom. The maximum atomic E-state index is 12.8. The van der Waals surface area contributed by atoms with Gasteiger partial charge in [-0.05, 0) is 37.6 Å². The molecule has 0 bridgehead atoms. The summed E-state index contributed by atoms with van der Waals surface area (Å²) < 4.78 is 10.9. The topological polar surface area (TPSA) is 67.9 Å². The summed E-state index contributed by atoms with van der Waals surface area (Å²) in [5, 5.41) is 3.43. The Morgan fingerprint density at radius 2 is 2.04 bits per heavy atom. The van der Waals surface area contributed by atoms with Crippen molar-refractivity contribution in [3.8, 4) is 11.5 Å². The van der Waals surface area contributed by atoms with E-state index in [0.717, 1.165) is 5.56 Å². The summed E-state index contributed by atoms with van der Waals surface area (Å²) in [5.74, 6) is 0.306. The lowest BCUT2D eigenvalue weighted by Gasteiger charge is -2.20. The number of carbonyl (C=O) groups is 2. The second-order valence-electron chi connectivity index (χ2n) is 6.60. The molecule has 28 heavy (non-hydrogen) atoms. The number of nitrogens with zero attached hydrogens (tertiary/aromatic N) is 1. The quantitative estimate of drug-likeness (QED) is 0.791. The SMILES string of the molecule is CCOc1ccccc1N1CC(C(=O)Nc2cc(C)c(Cl)cc2OC)CC1=O. The number of methoxy groups -OCH3 is 1. The first-order valence-electron chi connectivity index (χ1n) is 9.11. The van der Waals surface area contributed by atoms with Crippen molar-refractivity contribution in [1.82, 2.24) is 0 Å². The molecule has 2 amide bonds. The van der Waals surface area contributed by atoms with Gasteiger partial charge in [0.15, 0.2) is 0 Å². The molecule has 1 aliphatic rings. The van der Waals surface area contributed by atoms with Crippen LogP contribution in [0.25, 0.3) is 0 Å². The van der Waals surface area contributed by atoms with E-state index in [1.54, 1.807) is 17.0 Å². The molecule has 6 nitrogen and oxygen atoms in total. The number of aryl methyl sites for hydroxylation is 1. The van der Waals surface area contributed by atoms with Gasteiger partial charge in [0.2, 0.25) is 11.8 Å². The average Bonchev–Trinajstić information content (AvgIpc) is 3.07. The number of carbonyl (C=O) groups excluding carboxylic acids is 2. The van der Waals surface area contributed by atoms with Crippen molar-refractivity contribution in [2.75, 3.05) is 30.5 Å².